The number of nitrogens with zero attached hydrogens (tertiary/aromatic N) is 2. The Morgan fingerprint density at radius 2 is 1.77 bits per heavy atom. The van der Waals surface area contributed by atoms with Gasteiger partial charge < -0.3 is 0 Å². The molecule has 0 aliphatic heterocycles. The molecule has 0 N–H and O–H groups in total. The van der Waals surface area contributed by atoms with Gasteiger partial charge in [-0.1, -0.05) is 26.0 Å². The summed E-state index contributed by atoms with van der Waals surface area (Å²) in [7, 11) is 0. The molecule has 0 saturated heterocycles. The molecular formula is C16H18N2O4. The molecule has 116 valence electrons. The second kappa shape index (κ2) is 5.36. The fourth-order valence-corrected chi connectivity index (χ4v) is 2.96. The zero-order valence-corrected chi connectivity index (χ0v) is 13.0. The van der Waals surface area contributed by atoms with Crippen LogP contribution in [0.3, 0.4) is 0 Å². The van der Waals surface area contributed by atoms with E-state index in [4.69, 9.17) is 0 Å². The van der Waals surface area contributed by atoms with Crippen LogP contribution in [0.4, 0.5) is 5.69 Å². The molecule has 0 radical (unpaired) electrons. The third-order valence-corrected chi connectivity index (χ3v) is 4.63. The van der Waals surface area contributed by atoms with Gasteiger partial charge in [-0.15, -0.1) is 0 Å². The summed E-state index contributed by atoms with van der Waals surface area (Å²) >= 11 is 0. The van der Waals surface area contributed by atoms with E-state index < -0.39 is 10.3 Å². The minimum absolute atomic E-state index is 0.0259. The van der Waals surface area contributed by atoms with Crippen molar-refractivity contribution in [2.24, 2.45) is 5.92 Å². The van der Waals surface area contributed by atoms with Crippen LogP contribution < -0.4 is 0 Å². The van der Waals surface area contributed by atoms with Gasteiger partial charge in [0, 0.05) is 23.1 Å². The molecule has 0 saturated carbocycles. The van der Waals surface area contributed by atoms with E-state index in [1.165, 1.54) is 12.1 Å². The van der Waals surface area contributed by atoms with E-state index in [-0.39, 0.29) is 22.2 Å². The summed E-state index contributed by atoms with van der Waals surface area (Å²) in [4.78, 5) is 21.5. The van der Waals surface area contributed by atoms with E-state index >= 15 is 0 Å². The number of hydrogen-bond donors (Lipinski definition) is 0. The lowest BCUT2D eigenvalue weighted by atomic mass is 9.67. The van der Waals surface area contributed by atoms with E-state index in [1.807, 2.05) is 27.7 Å². The van der Waals surface area contributed by atoms with E-state index in [0.717, 1.165) is 11.1 Å². The molecule has 0 amide bonds. The van der Waals surface area contributed by atoms with Crippen molar-refractivity contribution < 1.29 is 9.85 Å². The van der Waals surface area contributed by atoms with Gasteiger partial charge in [0.15, 0.2) is 0 Å². The van der Waals surface area contributed by atoms with Crippen LogP contribution in [0.25, 0.3) is 0 Å². The first kappa shape index (κ1) is 15.9. The largest absolute Gasteiger partial charge is 0.273 e. The molecule has 0 bridgehead atoms. The number of benzene rings is 1. The van der Waals surface area contributed by atoms with Gasteiger partial charge in [-0.2, -0.15) is 0 Å². The molecule has 1 aliphatic carbocycles. The maximum atomic E-state index is 11.4. The number of nitro groups is 2. The van der Waals surface area contributed by atoms with Crippen LogP contribution in [-0.4, -0.2) is 9.85 Å². The summed E-state index contributed by atoms with van der Waals surface area (Å²) in [5, 5.41) is 22.3. The lowest BCUT2D eigenvalue weighted by Crippen LogP contribution is -2.31. The average molecular weight is 302 g/mol. The summed E-state index contributed by atoms with van der Waals surface area (Å²) in [6, 6.07) is 3.24. The minimum Gasteiger partial charge on any atom is -0.258 e. The molecule has 22 heavy (non-hydrogen) atoms. The topological polar surface area (TPSA) is 86.3 Å². The third-order valence-electron chi connectivity index (χ3n) is 4.63. The Morgan fingerprint density at radius 3 is 2.27 bits per heavy atom. The van der Waals surface area contributed by atoms with Crippen LogP contribution in [0.15, 0.2) is 36.1 Å². The molecule has 6 nitrogen and oxygen atoms in total. The molecule has 6 heteroatoms. The average Bonchev–Trinajstić information content (AvgIpc) is 2.44. The number of rotatable bonds is 3. The van der Waals surface area contributed by atoms with Gasteiger partial charge in [0.05, 0.1) is 9.85 Å². The van der Waals surface area contributed by atoms with Gasteiger partial charge in [0.2, 0.25) is 0 Å². The Kier molecular flexibility index (Phi) is 3.87. The van der Waals surface area contributed by atoms with Crippen molar-refractivity contribution >= 4 is 5.69 Å². The Hall–Kier alpha value is -2.50. The molecule has 1 aromatic rings. The van der Waals surface area contributed by atoms with Crippen LogP contribution >= 0.6 is 0 Å². The van der Waals surface area contributed by atoms with Crippen LogP contribution in [0, 0.1) is 40.0 Å². The van der Waals surface area contributed by atoms with Crippen molar-refractivity contribution in [2.45, 2.75) is 33.1 Å². The van der Waals surface area contributed by atoms with E-state index in [0.29, 0.717) is 5.56 Å². The van der Waals surface area contributed by atoms with Gasteiger partial charge in [0.25, 0.3) is 11.4 Å². The Labute approximate surface area is 128 Å². The minimum atomic E-state index is -0.655. The number of nitro benzene ring substituents is 1. The molecule has 0 aromatic heterocycles. The zero-order chi connectivity index (χ0) is 16.7. The molecule has 2 atom stereocenters. The van der Waals surface area contributed by atoms with Crippen molar-refractivity contribution in [1.82, 2.24) is 0 Å². The Bertz CT molecular complexity index is 721. The summed E-state index contributed by atoms with van der Waals surface area (Å²) in [5.41, 5.74) is 1.87. The molecule has 2 rings (SSSR count). The molecule has 0 fully saturated rings. The molecule has 0 spiro atoms. The van der Waals surface area contributed by atoms with Crippen LogP contribution in [-0.2, 0) is 5.41 Å². The first-order valence-electron chi connectivity index (χ1n) is 6.99. The van der Waals surface area contributed by atoms with Crippen molar-refractivity contribution in [3.63, 3.8) is 0 Å². The second-order valence-electron chi connectivity index (χ2n) is 5.91. The lowest BCUT2D eigenvalue weighted by Gasteiger charge is -2.34. The van der Waals surface area contributed by atoms with Crippen LogP contribution in [0.5, 0.6) is 0 Å². The quantitative estimate of drug-likeness (QED) is 0.627. The Balaban J connectivity index is 2.67. The van der Waals surface area contributed by atoms with Gasteiger partial charge in [-0.3, -0.25) is 20.2 Å². The van der Waals surface area contributed by atoms with Gasteiger partial charge in [-0.25, -0.2) is 0 Å². The van der Waals surface area contributed by atoms with Crippen LogP contribution in [0.1, 0.15) is 30.5 Å². The predicted octanol–water partition coefficient (Wildman–Crippen LogP) is 3.84. The summed E-state index contributed by atoms with van der Waals surface area (Å²) in [6.07, 6.45) is 4.71. The fourth-order valence-electron chi connectivity index (χ4n) is 2.96. The third kappa shape index (κ3) is 2.41. The standard InChI is InChI=1S/C16H18N2O4/c1-10-5-6-14(18(21)22)15(12(10)3)16(4)8-7-13(17(19)20)9-11(16)2/h5-9,11H,1-4H3. The van der Waals surface area contributed by atoms with Crippen molar-refractivity contribution in [3.05, 3.63) is 73.0 Å². The van der Waals surface area contributed by atoms with Crippen LogP contribution in [0.2, 0.25) is 0 Å². The van der Waals surface area contributed by atoms with Gasteiger partial charge >= 0.3 is 0 Å². The maximum Gasteiger partial charge on any atom is 0.273 e. The summed E-state index contributed by atoms with van der Waals surface area (Å²) in [6.45, 7) is 7.49. The predicted molar refractivity (Wildman–Crippen MR) is 83.3 cm³/mol. The molecule has 1 aliphatic rings. The highest BCUT2D eigenvalue weighted by Crippen LogP contribution is 2.44. The SMILES string of the molecule is Cc1ccc([N+](=O)[O-])c(C2(C)C=CC([N+](=O)[O-])=CC2C)c1C. The molecule has 1 aromatic carbocycles. The van der Waals surface area contributed by atoms with Gasteiger partial charge in [0.1, 0.15) is 0 Å². The normalized spacial score (nSPS) is 24.0. The van der Waals surface area contributed by atoms with E-state index in [2.05, 4.69) is 0 Å². The summed E-state index contributed by atoms with van der Waals surface area (Å²) < 4.78 is 0. The molecular weight excluding hydrogens is 284 g/mol. The van der Waals surface area contributed by atoms with Crippen molar-refractivity contribution in [2.75, 3.05) is 0 Å². The number of aryl methyl sites for hydroxylation is 1. The Morgan fingerprint density at radius 1 is 1.14 bits per heavy atom. The zero-order valence-electron chi connectivity index (χ0n) is 13.0. The number of hydrogen-bond acceptors (Lipinski definition) is 4. The van der Waals surface area contributed by atoms with Gasteiger partial charge in [-0.05, 0) is 37.0 Å². The number of allylic oxidation sites excluding steroid dienone is 3. The highest BCUT2D eigenvalue weighted by atomic mass is 16.6. The van der Waals surface area contributed by atoms with E-state index in [9.17, 15) is 20.2 Å². The smallest absolute Gasteiger partial charge is 0.258 e. The fraction of sp³-hybridized carbons (Fsp3) is 0.375. The highest BCUT2D eigenvalue weighted by Gasteiger charge is 2.40. The first-order valence-corrected chi connectivity index (χ1v) is 6.99. The maximum absolute atomic E-state index is 11.4. The monoisotopic (exact) mass is 302 g/mol. The molecule has 0 heterocycles. The van der Waals surface area contributed by atoms with Crippen molar-refractivity contribution in [1.29, 1.82) is 0 Å². The van der Waals surface area contributed by atoms with Crippen molar-refractivity contribution in [3.8, 4) is 0 Å². The molecule has 2 unspecified atom stereocenters. The second-order valence-corrected chi connectivity index (χ2v) is 5.91. The lowest BCUT2D eigenvalue weighted by molar-refractivity contribution is -0.419. The first-order chi connectivity index (χ1) is 10.2. The van der Waals surface area contributed by atoms with E-state index in [1.54, 1.807) is 18.2 Å². The summed E-state index contributed by atoms with van der Waals surface area (Å²) in [5.74, 6) is -0.225. The highest BCUT2D eigenvalue weighted by molar-refractivity contribution is 5.56.